The number of para-hydroxylation sites is 2. The Bertz CT molecular complexity index is 979. The molecule has 0 atom stereocenters. The van der Waals surface area contributed by atoms with Crippen LogP contribution in [0.2, 0.25) is 0 Å². The number of thioether (sulfide) groups is 2. The highest BCUT2D eigenvalue weighted by Crippen LogP contribution is 2.50. The minimum Gasteiger partial charge on any atom is -0.352 e. The zero-order chi connectivity index (χ0) is 15.9. The first-order valence-corrected chi connectivity index (χ1v) is 11.0. The number of H-pyrrole nitrogens is 1. The third-order valence-electron chi connectivity index (χ3n) is 4.32. The molecular formula is C19H16N2S3. The van der Waals surface area contributed by atoms with Gasteiger partial charge >= 0.3 is 0 Å². The molecule has 0 aliphatic carbocycles. The summed E-state index contributed by atoms with van der Waals surface area (Å²) in [6, 6.07) is 17.1. The van der Waals surface area contributed by atoms with Crippen molar-refractivity contribution in [2.45, 2.75) is 11.0 Å². The van der Waals surface area contributed by atoms with Gasteiger partial charge in [0.25, 0.3) is 0 Å². The summed E-state index contributed by atoms with van der Waals surface area (Å²) in [4.78, 5) is 8.56. The van der Waals surface area contributed by atoms with E-state index in [9.17, 15) is 0 Å². The predicted molar refractivity (Wildman–Crippen MR) is 109 cm³/mol. The van der Waals surface area contributed by atoms with E-state index in [1.165, 1.54) is 44.8 Å². The molecule has 24 heavy (non-hydrogen) atoms. The molecule has 0 spiro atoms. The first kappa shape index (κ1) is 14.9. The van der Waals surface area contributed by atoms with Crippen LogP contribution in [0.5, 0.6) is 0 Å². The van der Waals surface area contributed by atoms with Crippen LogP contribution in [0.15, 0.2) is 48.5 Å². The van der Waals surface area contributed by atoms with Crippen LogP contribution in [0, 0.1) is 0 Å². The van der Waals surface area contributed by atoms with Crippen LogP contribution >= 0.6 is 34.9 Å². The highest BCUT2D eigenvalue weighted by Gasteiger charge is 2.25. The number of aromatic amines is 1. The van der Waals surface area contributed by atoms with Gasteiger partial charge in [0.2, 0.25) is 0 Å². The maximum atomic E-state index is 4.90. The number of thiazole rings is 1. The van der Waals surface area contributed by atoms with Crippen molar-refractivity contribution in [3.05, 3.63) is 54.1 Å². The van der Waals surface area contributed by atoms with Gasteiger partial charge in [-0.15, -0.1) is 34.9 Å². The topological polar surface area (TPSA) is 28.7 Å². The predicted octanol–water partition coefficient (Wildman–Crippen LogP) is 6.31. The van der Waals surface area contributed by atoms with Gasteiger partial charge in [-0.2, -0.15) is 0 Å². The summed E-state index contributed by atoms with van der Waals surface area (Å²) in [6.45, 7) is 0. The number of aromatic nitrogens is 2. The summed E-state index contributed by atoms with van der Waals surface area (Å²) < 4.78 is 1.75. The van der Waals surface area contributed by atoms with Crippen molar-refractivity contribution in [3.8, 4) is 10.7 Å². The van der Waals surface area contributed by atoms with E-state index in [-0.39, 0.29) is 0 Å². The molecule has 4 aromatic rings. The van der Waals surface area contributed by atoms with Gasteiger partial charge in [-0.3, -0.25) is 0 Å². The first-order chi connectivity index (χ1) is 11.9. The Morgan fingerprint density at radius 1 is 0.958 bits per heavy atom. The second kappa shape index (κ2) is 6.14. The number of fused-ring (bicyclic) bond motifs is 2. The molecular weight excluding hydrogens is 352 g/mol. The Morgan fingerprint density at radius 3 is 2.62 bits per heavy atom. The molecule has 3 heterocycles. The maximum absolute atomic E-state index is 4.90. The molecule has 0 unspecified atom stereocenters. The molecule has 120 valence electrons. The molecule has 1 fully saturated rings. The first-order valence-electron chi connectivity index (χ1n) is 8.10. The van der Waals surface area contributed by atoms with E-state index in [4.69, 9.17) is 4.98 Å². The van der Waals surface area contributed by atoms with E-state index in [1.807, 2.05) is 0 Å². The molecule has 5 rings (SSSR count). The standard InChI is InChI=1S/C19H16N2S3/c1-2-7-13-12(6-1)16(19-22-10-5-11-23-19)17(20-13)18-21-14-8-3-4-9-15(14)24-18/h1-4,6-9,19-20H,5,10-11H2. The monoisotopic (exact) mass is 368 g/mol. The lowest BCUT2D eigenvalue weighted by atomic mass is 10.1. The van der Waals surface area contributed by atoms with Gasteiger partial charge in [0.15, 0.2) is 0 Å². The Hall–Kier alpha value is -1.43. The minimum absolute atomic E-state index is 0.497. The number of hydrogen-bond acceptors (Lipinski definition) is 4. The lowest BCUT2D eigenvalue weighted by Gasteiger charge is -2.21. The van der Waals surface area contributed by atoms with Crippen LogP contribution in [0.25, 0.3) is 31.8 Å². The fourth-order valence-electron chi connectivity index (χ4n) is 3.21. The Labute approximate surface area is 153 Å². The number of hydrogen-bond donors (Lipinski definition) is 1. The summed E-state index contributed by atoms with van der Waals surface area (Å²) >= 11 is 5.93. The van der Waals surface area contributed by atoms with Crippen LogP contribution in [0.4, 0.5) is 0 Å². The SMILES string of the molecule is c1ccc2sc(-c3[nH]c4ccccc4c3C3SCCCS3)nc2c1. The molecule has 5 heteroatoms. The Morgan fingerprint density at radius 2 is 1.75 bits per heavy atom. The molecule has 1 aliphatic heterocycles. The summed E-state index contributed by atoms with van der Waals surface area (Å²) in [5.74, 6) is 2.49. The van der Waals surface area contributed by atoms with E-state index in [2.05, 4.69) is 77.0 Å². The van der Waals surface area contributed by atoms with Crippen molar-refractivity contribution >= 4 is 56.0 Å². The molecule has 2 aromatic heterocycles. The minimum atomic E-state index is 0.497. The van der Waals surface area contributed by atoms with E-state index < -0.39 is 0 Å². The second-order valence-corrected chi connectivity index (χ2v) is 9.63. The lowest BCUT2D eigenvalue weighted by Crippen LogP contribution is -2.01. The molecule has 2 nitrogen and oxygen atoms in total. The van der Waals surface area contributed by atoms with Crippen LogP contribution in [-0.2, 0) is 0 Å². The smallest absolute Gasteiger partial charge is 0.141 e. The normalized spacial score (nSPS) is 16.2. The van der Waals surface area contributed by atoms with Crippen molar-refractivity contribution < 1.29 is 0 Å². The van der Waals surface area contributed by atoms with Crippen LogP contribution in [0.3, 0.4) is 0 Å². The third-order valence-corrected chi connectivity index (χ3v) is 8.31. The van der Waals surface area contributed by atoms with E-state index in [0.29, 0.717) is 4.58 Å². The summed E-state index contributed by atoms with van der Waals surface area (Å²) in [5.41, 5.74) is 4.95. The highest BCUT2D eigenvalue weighted by molar-refractivity contribution is 8.16. The molecule has 1 N–H and O–H groups in total. The largest absolute Gasteiger partial charge is 0.352 e. The van der Waals surface area contributed by atoms with Gasteiger partial charge in [0.05, 0.1) is 20.5 Å². The van der Waals surface area contributed by atoms with Gasteiger partial charge < -0.3 is 4.98 Å². The van der Waals surface area contributed by atoms with Crippen molar-refractivity contribution in [1.82, 2.24) is 9.97 Å². The van der Waals surface area contributed by atoms with Crippen molar-refractivity contribution in [1.29, 1.82) is 0 Å². The highest BCUT2D eigenvalue weighted by atomic mass is 32.2. The number of nitrogens with one attached hydrogen (secondary N) is 1. The number of nitrogens with zero attached hydrogens (tertiary/aromatic N) is 1. The maximum Gasteiger partial charge on any atom is 0.141 e. The molecule has 0 amide bonds. The van der Waals surface area contributed by atoms with Gasteiger partial charge in [0, 0.05) is 16.5 Å². The summed E-state index contributed by atoms with van der Waals surface area (Å²) in [6.07, 6.45) is 1.31. The molecule has 0 bridgehead atoms. The number of rotatable bonds is 2. The molecule has 0 saturated carbocycles. The van der Waals surface area contributed by atoms with Gasteiger partial charge in [0.1, 0.15) is 5.01 Å². The van der Waals surface area contributed by atoms with Crippen LogP contribution in [0.1, 0.15) is 16.6 Å². The number of benzene rings is 2. The van der Waals surface area contributed by atoms with Crippen molar-refractivity contribution in [2.24, 2.45) is 0 Å². The van der Waals surface area contributed by atoms with E-state index in [0.717, 1.165) is 10.5 Å². The van der Waals surface area contributed by atoms with Crippen LogP contribution in [-0.4, -0.2) is 21.5 Å². The van der Waals surface area contributed by atoms with Crippen molar-refractivity contribution in [2.75, 3.05) is 11.5 Å². The Kier molecular flexibility index (Phi) is 3.80. The fraction of sp³-hybridized carbons (Fsp3) is 0.211. The summed E-state index contributed by atoms with van der Waals surface area (Å²) in [7, 11) is 0. The van der Waals surface area contributed by atoms with Gasteiger partial charge in [-0.1, -0.05) is 30.3 Å². The molecule has 1 aliphatic rings. The average molecular weight is 369 g/mol. The van der Waals surface area contributed by atoms with E-state index >= 15 is 0 Å². The second-order valence-electron chi connectivity index (χ2n) is 5.87. The zero-order valence-electron chi connectivity index (χ0n) is 13.0. The third kappa shape index (κ3) is 2.46. The quantitative estimate of drug-likeness (QED) is 0.449. The van der Waals surface area contributed by atoms with E-state index in [1.54, 1.807) is 11.3 Å². The average Bonchev–Trinajstić information content (AvgIpc) is 3.23. The van der Waals surface area contributed by atoms with Gasteiger partial charge in [-0.25, -0.2) is 4.98 Å². The lowest BCUT2D eigenvalue weighted by molar-refractivity contribution is 1.10. The van der Waals surface area contributed by atoms with Crippen molar-refractivity contribution in [3.63, 3.8) is 0 Å². The zero-order valence-corrected chi connectivity index (χ0v) is 15.4. The molecule has 2 aromatic carbocycles. The summed E-state index contributed by atoms with van der Waals surface area (Å²) in [5, 5.41) is 2.45. The van der Waals surface area contributed by atoms with Gasteiger partial charge in [-0.05, 0) is 36.1 Å². The fourth-order valence-corrected chi connectivity index (χ4v) is 7.21. The van der Waals surface area contributed by atoms with Crippen LogP contribution < -0.4 is 0 Å². The molecule has 1 saturated heterocycles. The molecule has 0 radical (unpaired) electrons. The Balaban J connectivity index is 1.74.